The van der Waals surface area contributed by atoms with Crippen molar-refractivity contribution in [3.63, 3.8) is 0 Å². The number of ether oxygens (including phenoxy) is 2. The average molecular weight is 361 g/mol. The lowest BCUT2D eigenvalue weighted by atomic mass is 10.1. The summed E-state index contributed by atoms with van der Waals surface area (Å²) in [7, 11) is 0. The fraction of sp³-hybridized carbons (Fsp3) is 0.222. The Bertz CT molecular complexity index is 851. The molecule has 1 aliphatic rings. The smallest absolute Gasteiger partial charge is 0.262 e. The highest BCUT2D eigenvalue weighted by atomic mass is 35.5. The van der Waals surface area contributed by atoms with E-state index in [0.717, 1.165) is 11.1 Å². The lowest BCUT2D eigenvalue weighted by molar-refractivity contribution is -0.119. The lowest BCUT2D eigenvalue weighted by Crippen LogP contribution is -2.26. The van der Waals surface area contributed by atoms with E-state index in [1.54, 1.807) is 6.07 Å². The van der Waals surface area contributed by atoms with Crippen LogP contribution >= 0.6 is 11.6 Å². The van der Waals surface area contributed by atoms with Crippen LogP contribution < -0.4 is 20.1 Å². The van der Waals surface area contributed by atoms with Crippen molar-refractivity contribution in [3.05, 3.63) is 46.5 Å². The molecule has 1 aliphatic heterocycles. The van der Waals surface area contributed by atoms with E-state index in [1.165, 1.54) is 6.07 Å². The number of rotatable bonds is 4. The maximum Gasteiger partial charge on any atom is 0.262 e. The van der Waals surface area contributed by atoms with E-state index in [9.17, 15) is 9.59 Å². The van der Waals surface area contributed by atoms with E-state index >= 15 is 0 Å². The average Bonchev–Trinajstić information content (AvgIpc) is 2.56. The maximum absolute atomic E-state index is 12.1. The second kappa shape index (κ2) is 7.03. The summed E-state index contributed by atoms with van der Waals surface area (Å²) in [6.07, 6.45) is 0. The summed E-state index contributed by atoms with van der Waals surface area (Å²) in [4.78, 5) is 23.5. The van der Waals surface area contributed by atoms with E-state index in [0.29, 0.717) is 27.9 Å². The van der Waals surface area contributed by atoms with Crippen molar-refractivity contribution in [2.45, 2.75) is 13.8 Å². The number of halogens is 1. The van der Waals surface area contributed by atoms with Gasteiger partial charge in [-0.15, -0.1) is 0 Å². The number of carbonyl (C=O) groups excluding carboxylic acids is 2. The van der Waals surface area contributed by atoms with Crippen LogP contribution in [0.3, 0.4) is 0 Å². The number of hydrogen-bond acceptors (Lipinski definition) is 4. The Hall–Kier alpha value is -2.73. The molecule has 0 fully saturated rings. The van der Waals surface area contributed by atoms with Crippen LogP contribution in [0, 0.1) is 13.8 Å². The first-order valence-corrected chi connectivity index (χ1v) is 8.06. The Kier molecular flexibility index (Phi) is 4.81. The largest absolute Gasteiger partial charge is 0.483 e. The van der Waals surface area contributed by atoms with Gasteiger partial charge < -0.3 is 20.1 Å². The third kappa shape index (κ3) is 4.03. The molecule has 6 nitrogen and oxygen atoms in total. The predicted molar refractivity (Wildman–Crippen MR) is 95.6 cm³/mol. The summed E-state index contributed by atoms with van der Waals surface area (Å²) < 4.78 is 10.9. The molecule has 0 radical (unpaired) electrons. The summed E-state index contributed by atoms with van der Waals surface area (Å²) in [6, 6.07) is 8.91. The molecular weight excluding hydrogens is 344 g/mol. The molecular formula is C18H17ClN2O4. The van der Waals surface area contributed by atoms with Gasteiger partial charge in [0.2, 0.25) is 0 Å². The minimum atomic E-state index is -0.345. The molecule has 0 bridgehead atoms. The normalized spacial score (nSPS) is 12.7. The van der Waals surface area contributed by atoms with Crippen molar-refractivity contribution in [3.8, 4) is 11.5 Å². The van der Waals surface area contributed by atoms with Gasteiger partial charge in [-0.2, -0.15) is 0 Å². The van der Waals surface area contributed by atoms with Crippen molar-refractivity contribution < 1.29 is 19.1 Å². The van der Waals surface area contributed by atoms with Gasteiger partial charge >= 0.3 is 0 Å². The van der Waals surface area contributed by atoms with Crippen LogP contribution in [0.5, 0.6) is 11.5 Å². The van der Waals surface area contributed by atoms with Gasteiger partial charge in [0.1, 0.15) is 11.5 Å². The summed E-state index contributed by atoms with van der Waals surface area (Å²) in [5, 5.41) is 5.64. The van der Waals surface area contributed by atoms with Crippen LogP contribution in [0.25, 0.3) is 0 Å². The zero-order valence-corrected chi connectivity index (χ0v) is 14.6. The van der Waals surface area contributed by atoms with Gasteiger partial charge in [0.15, 0.2) is 13.2 Å². The molecule has 0 saturated heterocycles. The van der Waals surface area contributed by atoms with Crippen LogP contribution in [0.4, 0.5) is 11.4 Å². The first-order valence-electron chi connectivity index (χ1n) is 7.68. The van der Waals surface area contributed by atoms with Crippen LogP contribution in [0.1, 0.15) is 11.1 Å². The fourth-order valence-corrected chi connectivity index (χ4v) is 2.60. The molecule has 2 N–H and O–H groups in total. The van der Waals surface area contributed by atoms with Crippen molar-refractivity contribution in [1.82, 2.24) is 0 Å². The number of fused-ring (bicyclic) bond motifs is 1. The number of carbonyl (C=O) groups is 2. The van der Waals surface area contributed by atoms with E-state index in [4.69, 9.17) is 21.1 Å². The van der Waals surface area contributed by atoms with Gasteiger partial charge in [-0.25, -0.2) is 0 Å². The molecule has 2 aromatic rings. The monoisotopic (exact) mass is 360 g/mol. The first-order chi connectivity index (χ1) is 11.9. The zero-order chi connectivity index (χ0) is 18.0. The second-order valence-electron chi connectivity index (χ2n) is 5.77. The number of aryl methyl sites for hydroxylation is 2. The van der Waals surface area contributed by atoms with E-state index in [2.05, 4.69) is 10.6 Å². The lowest BCUT2D eigenvalue weighted by Gasteiger charge is -2.19. The number of amides is 2. The highest BCUT2D eigenvalue weighted by molar-refractivity contribution is 6.34. The summed E-state index contributed by atoms with van der Waals surface area (Å²) >= 11 is 6.15. The number of benzene rings is 2. The van der Waals surface area contributed by atoms with Crippen LogP contribution in [0.2, 0.25) is 5.02 Å². The molecule has 0 aliphatic carbocycles. The van der Waals surface area contributed by atoms with E-state index in [-0.39, 0.29) is 25.0 Å². The van der Waals surface area contributed by atoms with Crippen molar-refractivity contribution in [1.29, 1.82) is 0 Å². The van der Waals surface area contributed by atoms with Gasteiger partial charge in [-0.1, -0.05) is 23.7 Å². The molecule has 0 unspecified atom stereocenters. The molecule has 0 spiro atoms. The predicted octanol–water partition coefficient (Wildman–Crippen LogP) is 3.31. The maximum atomic E-state index is 12.1. The van der Waals surface area contributed by atoms with Crippen LogP contribution in [-0.2, 0) is 9.59 Å². The summed E-state index contributed by atoms with van der Waals surface area (Å²) in [5.74, 6) is 0.525. The molecule has 1 heterocycles. The third-order valence-electron chi connectivity index (χ3n) is 3.68. The van der Waals surface area contributed by atoms with Gasteiger partial charge in [0.25, 0.3) is 11.8 Å². The highest BCUT2D eigenvalue weighted by Gasteiger charge is 2.19. The standard InChI is InChI=1S/C18H17ClN2O4/c1-10-3-4-11(2)15(5-10)24-8-17(22)20-13-7-16-14(6-12(13)19)21-18(23)9-25-16/h3-7H,8-9H2,1-2H3,(H,20,22)(H,21,23). The fourth-order valence-electron chi connectivity index (χ4n) is 2.39. The van der Waals surface area contributed by atoms with Crippen molar-refractivity contribution in [2.24, 2.45) is 0 Å². The van der Waals surface area contributed by atoms with Gasteiger partial charge in [-0.05, 0) is 37.1 Å². The number of nitrogens with one attached hydrogen (secondary N) is 2. The Morgan fingerprint density at radius 2 is 2.12 bits per heavy atom. The minimum absolute atomic E-state index is 0.0717. The molecule has 0 aromatic heterocycles. The Balaban J connectivity index is 1.67. The third-order valence-corrected chi connectivity index (χ3v) is 3.99. The molecule has 3 rings (SSSR count). The molecule has 130 valence electrons. The first kappa shape index (κ1) is 17.1. The summed E-state index contributed by atoms with van der Waals surface area (Å²) in [5.41, 5.74) is 2.88. The Morgan fingerprint density at radius 1 is 1.32 bits per heavy atom. The van der Waals surface area contributed by atoms with Crippen molar-refractivity contribution >= 4 is 34.8 Å². The van der Waals surface area contributed by atoms with Gasteiger partial charge in [-0.3, -0.25) is 9.59 Å². The van der Waals surface area contributed by atoms with Crippen LogP contribution in [-0.4, -0.2) is 25.0 Å². The van der Waals surface area contributed by atoms with Crippen LogP contribution in [0.15, 0.2) is 30.3 Å². The molecule has 2 amide bonds. The van der Waals surface area contributed by atoms with E-state index < -0.39 is 0 Å². The van der Waals surface area contributed by atoms with E-state index in [1.807, 2.05) is 32.0 Å². The summed E-state index contributed by atoms with van der Waals surface area (Å²) in [6.45, 7) is 3.66. The minimum Gasteiger partial charge on any atom is -0.483 e. The quantitative estimate of drug-likeness (QED) is 0.877. The topological polar surface area (TPSA) is 76.7 Å². The molecule has 7 heteroatoms. The second-order valence-corrected chi connectivity index (χ2v) is 6.18. The highest BCUT2D eigenvalue weighted by Crippen LogP contribution is 2.36. The molecule has 0 atom stereocenters. The molecule has 2 aromatic carbocycles. The van der Waals surface area contributed by atoms with Crippen molar-refractivity contribution in [2.75, 3.05) is 23.8 Å². The van der Waals surface area contributed by atoms with Gasteiger partial charge in [0.05, 0.1) is 16.4 Å². The number of hydrogen-bond donors (Lipinski definition) is 2. The Labute approximate surface area is 150 Å². The molecule has 0 saturated carbocycles. The molecule has 25 heavy (non-hydrogen) atoms. The van der Waals surface area contributed by atoms with Gasteiger partial charge in [0, 0.05) is 6.07 Å². The zero-order valence-electron chi connectivity index (χ0n) is 13.8. The Morgan fingerprint density at radius 3 is 2.92 bits per heavy atom. The SMILES string of the molecule is Cc1ccc(C)c(OCC(=O)Nc2cc3c(cc2Cl)NC(=O)CO3)c1. The number of anilines is 2.